The molecule has 0 aromatic rings. The smallest absolute Gasteiger partial charge is 0.305 e. The first kappa shape index (κ1) is 24.9. The summed E-state index contributed by atoms with van der Waals surface area (Å²) in [6.45, 7) is 12.7. The van der Waals surface area contributed by atoms with Gasteiger partial charge in [-0.15, -0.1) is 0 Å². The quantitative estimate of drug-likeness (QED) is 0.238. The van der Waals surface area contributed by atoms with Crippen LogP contribution in [0.2, 0.25) is 0 Å². The Balaban J connectivity index is 4.00. The lowest BCUT2D eigenvalue weighted by Gasteiger charge is -2.37. The van der Waals surface area contributed by atoms with Crippen molar-refractivity contribution in [3.8, 4) is 0 Å². The van der Waals surface area contributed by atoms with Crippen LogP contribution in [-0.2, 0) is 14.3 Å². The summed E-state index contributed by atoms with van der Waals surface area (Å²) in [5.74, 6) is -0.833. The normalized spacial score (nSPS) is 11.5. The molecular weight excluding hydrogens is 332 g/mol. The molecule has 0 aliphatic heterocycles. The van der Waals surface area contributed by atoms with E-state index in [2.05, 4.69) is 37.5 Å². The summed E-state index contributed by atoms with van der Waals surface area (Å²) in [6.07, 6.45) is 6.50. The molecule has 0 rings (SSSR count). The summed E-state index contributed by atoms with van der Waals surface area (Å²) >= 11 is 0. The second kappa shape index (κ2) is 16.1. The summed E-state index contributed by atoms with van der Waals surface area (Å²) in [5.41, 5.74) is 0. The van der Waals surface area contributed by atoms with Crippen molar-refractivity contribution in [2.45, 2.75) is 85.2 Å². The molecule has 0 amide bonds. The zero-order chi connectivity index (χ0) is 19.8. The molecule has 0 atom stereocenters. The summed E-state index contributed by atoms with van der Waals surface area (Å²) in [7, 11) is 0. The van der Waals surface area contributed by atoms with Crippen LogP contribution in [0.3, 0.4) is 0 Å². The van der Waals surface area contributed by atoms with Crippen LogP contribution in [0.1, 0.15) is 79.1 Å². The van der Waals surface area contributed by atoms with Gasteiger partial charge in [0.05, 0.1) is 6.17 Å². The molecule has 0 aliphatic rings. The van der Waals surface area contributed by atoms with E-state index in [1.54, 1.807) is 0 Å². The predicted molar refractivity (Wildman–Crippen MR) is 105 cm³/mol. The van der Waals surface area contributed by atoms with Crippen LogP contribution >= 0.6 is 0 Å². The molecule has 0 heterocycles. The monoisotopic (exact) mass is 372 g/mol. The molecule has 1 N–H and O–H groups in total. The summed E-state index contributed by atoms with van der Waals surface area (Å²) < 4.78 is 5.56. The number of likely N-dealkylation sites (N-methyl/N-ethyl adjacent to an activating group) is 2. The van der Waals surface area contributed by atoms with Crippen LogP contribution in [0, 0.1) is 0 Å². The second-order valence-corrected chi connectivity index (χ2v) is 6.62. The van der Waals surface area contributed by atoms with Gasteiger partial charge in [-0.2, -0.15) is 0 Å². The maximum atomic E-state index is 12.0. The average Bonchev–Trinajstić information content (AvgIpc) is 2.62. The lowest BCUT2D eigenvalue weighted by Crippen LogP contribution is -2.51. The Morgan fingerprint density at radius 1 is 0.769 bits per heavy atom. The van der Waals surface area contributed by atoms with Gasteiger partial charge in [0.25, 0.3) is 0 Å². The Morgan fingerprint density at radius 2 is 1.19 bits per heavy atom. The highest BCUT2D eigenvalue weighted by Crippen LogP contribution is 2.11. The number of rotatable bonds is 17. The van der Waals surface area contributed by atoms with Crippen LogP contribution in [0.5, 0.6) is 0 Å². The highest BCUT2D eigenvalue weighted by atomic mass is 16.5. The molecule has 0 saturated heterocycles. The third kappa shape index (κ3) is 11.5. The first-order valence-corrected chi connectivity index (χ1v) is 10.3. The Morgan fingerprint density at radius 3 is 1.62 bits per heavy atom. The molecule has 6 nitrogen and oxygen atoms in total. The highest BCUT2D eigenvalue weighted by Gasteiger charge is 2.22. The van der Waals surface area contributed by atoms with Crippen LogP contribution < -0.4 is 0 Å². The fourth-order valence-corrected chi connectivity index (χ4v) is 3.22. The number of hydrogen-bond acceptors (Lipinski definition) is 5. The molecule has 0 radical (unpaired) electrons. The van der Waals surface area contributed by atoms with E-state index in [1.807, 2.05) is 0 Å². The molecule has 0 aliphatic carbocycles. The van der Waals surface area contributed by atoms with Crippen molar-refractivity contribution >= 4 is 11.9 Å². The van der Waals surface area contributed by atoms with Gasteiger partial charge in [0.2, 0.25) is 0 Å². The number of carbonyl (C=O) groups excluding carboxylic acids is 1. The number of esters is 1. The van der Waals surface area contributed by atoms with Crippen molar-refractivity contribution in [1.29, 1.82) is 0 Å². The van der Waals surface area contributed by atoms with Crippen LogP contribution in [0.4, 0.5) is 0 Å². The first-order valence-electron chi connectivity index (χ1n) is 10.3. The number of carbonyl (C=O) groups is 2. The largest absolute Gasteiger partial charge is 0.481 e. The van der Waals surface area contributed by atoms with E-state index in [-0.39, 0.29) is 18.6 Å². The van der Waals surface area contributed by atoms with E-state index < -0.39 is 5.97 Å². The number of carboxylic acids is 1. The Hall–Kier alpha value is -1.14. The third-order valence-corrected chi connectivity index (χ3v) is 4.88. The van der Waals surface area contributed by atoms with Gasteiger partial charge < -0.3 is 9.84 Å². The molecule has 0 spiro atoms. The van der Waals surface area contributed by atoms with Gasteiger partial charge in [-0.05, 0) is 39.0 Å². The predicted octanol–water partition coefficient (Wildman–Crippen LogP) is 3.74. The minimum absolute atomic E-state index is 0.111. The standard InChI is InChI=1S/C20H40N2O4/c1-5-21(6-2)18(22(7-3)8-4)17-26-20(25)16-14-12-10-9-11-13-15-19(23)24/h18H,5-17H2,1-4H3,(H,23,24). The zero-order valence-electron chi connectivity index (χ0n) is 17.3. The van der Waals surface area contributed by atoms with Crippen molar-refractivity contribution in [1.82, 2.24) is 9.80 Å². The molecule has 154 valence electrons. The molecule has 0 aromatic heterocycles. The number of nitrogens with zero attached hydrogens (tertiary/aromatic N) is 2. The van der Waals surface area contributed by atoms with E-state index in [9.17, 15) is 9.59 Å². The molecule has 0 fully saturated rings. The van der Waals surface area contributed by atoms with Crippen molar-refractivity contribution in [2.24, 2.45) is 0 Å². The van der Waals surface area contributed by atoms with E-state index in [1.165, 1.54) is 0 Å². The van der Waals surface area contributed by atoms with E-state index in [4.69, 9.17) is 9.84 Å². The van der Waals surface area contributed by atoms with Crippen molar-refractivity contribution in [3.63, 3.8) is 0 Å². The number of unbranched alkanes of at least 4 members (excludes halogenated alkanes) is 5. The van der Waals surface area contributed by atoms with Gasteiger partial charge in [-0.3, -0.25) is 19.4 Å². The number of hydrogen-bond donors (Lipinski definition) is 1. The fraction of sp³-hybridized carbons (Fsp3) is 0.900. The summed E-state index contributed by atoms with van der Waals surface area (Å²) in [6, 6.07) is 0. The van der Waals surface area contributed by atoms with E-state index in [0.717, 1.165) is 64.7 Å². The van der Waals surface area contributed by atoms with Crippen LogP contribution in [-0.4, -0.2) is 65.8 Å². The molecule has 26 heavy (non-hydrogen) atoms. The molecule has 0 saturated carbocycles. The van der Waals surface area contributed by atoms with Gasteiger partial charge in [0.1, 0.15) is 6.61 Å². The Kier molecular flexibility index (Phi) is 15.4. The maximum Gasteiger partial charge on any atom is 0.305 e. The Bertz CT molecular complexity index is 357. The lowest BCUT2D eigenvalue weighted by molar-refractivity contribution is -0.148. The molecule has 0 aromatic carbocycles. The lowest BCUT2D eigenvalue weighted by atomic mass is 10.1. The fourth-order valence-electron chi connectivity index (χ4n) is 3.22. The maximum absolute atomic E-state index is 12.0. The molecule has 6 heteroatoms. The van der Waals surface area contributed by atoms with Crippen molar-refractivity contribution < 1.29 is 19.4 Å². The van der Waals surface area contributed by atoms with Crippen LogP contribution in [0.25, 0.3) is 0 Å². The van der Waals surface area contributed by atoms with Crippen molar-refractivity contribution in [2.75, 3.05) is 32.8 Å². The van der Waals surface area contributed by atoms with Crippen LogP contribution in [0.15, 0.2) is 0 Å². The van der Waals surface area contributed by atoms with Gasteiger partial charge in [0, 0.05) is 12.8 Å². The van der Waals surface area contributed by atoms with E-state index >= 15 is 0 Å². The van der Waals surface area contributed by atoms with Gasteiger partial charge in [-0.25, -0.2) is 0 Å². The molecule has 0 bridgehead atoms. The van der Waals surface area contributed by atoms with Crippen molar-refractivity contribution in [3.05, 3.63) is 0 Å². The van der Waals surface area contributed by atoms with Gasteiger partial charge in [-0.1, -0.05) is 53.4 Å². The molecule has 0 unspecified atom stereocenters. The minimum Gasteiger partial charge on any atom is -0.481 e. The minimum atomic E-state index is -0.722. The third-order valence-electron chi connectivity index (χ3n) is 4.88. The van der Waals surface area contributed by atoms with Gasteiger partial charge >= 0.3 is 11.9 Å². The molecular formula is C20H40N2O4. The Labute approximate surface area is 159 Å². The topological polar surface area (TPSA) is 70.1 Å². The number of carboxylic acid groups (broad SMARTS) is 1. The first-order chi connectivity index (χ1) is 12.5. The SMILES string of the molecule is CCN(CC)C(COC(=O)CCCCCCCCC(=O)O)N(CC)CC. The zero-order valence-corrected chi connectivity index (χ0v) is 17.3. The highest BCUT2D eigenvalue weighted by molar-refractivity contribution is 5.69. The summed E-state index contributed by atoms with van der Waals surface area (Å²) in [4.78, 5) is 27.1. The summed E-state index contributed by atoms with van der Waals surface area (Å²) in [5, 5.41) is 8.58. The average molecular weight is 373 g/mol. The van der Waals surface area contributed by atoms with Gasteiger partial charge in [0.15, 0.2) is 0 Å². The number of ether oxygens (including phenoxy) is 1. The second-order valence-electron chi connectivity index (χ2n) is 6.62. The number of aliphatic carboxylic acids is 1. The van der Waals surface area contributed by atoms with E-state index in [0.29, 0.717) is 13.0 Å².